The minimum absolute atomic E-state index is 0.337. The van der Waals surface area contributed by atoms with Crippen LogP contribution in [0.5, 0.6) is 0 Å². The molecular weight excluding hydrogens is 284 g/mol. The Hall–Kier alpha value is -0.150. The molecule has 3 heteroatoms. The number of hydrogen-bond donors (Lipinski definition) is 0. The van der Waals surface area contributed by atoms with Crippen LogP contribution in [0.4, 0.5) is 0 Å². The van der Waals surface area contributed by atoms with Gasteiger partial charge in [0.1, 0.15) is 0 Å². The molecule has 0 N–H and O–H groups in total. The molecule has 3 rings (SSSR count). The molecule has 0 saturated heterocycles. The molecule has 3 unspecified atom stereocenters. The molecule has 1 aromatic heterocycles. The highest BCUT2D eigenvalue weighted by atomic mass is 79.9. The molecule has 2 fully saturated rings. The van der Waals surface area contributed by atoms with Gasteiger partial charge in [-0.25, -0.2) is 0 Å². The maximum absolute atomic E-state index is 12.4. The first kappa shape index (κ1) is 11.0. The van der Waals surface area contributed by atoms with Gasteiger partial charge in [-0.05, 0) is 60.0 Å². The Balaban J connectivity index is 1.83. The van der Waals surface area contributed by atoms with Crippen LogP contribution < -0.4 is 0 Å². The minimum atomic E-state index is 0.337. The van der Waals surface area contributed by atoms with Crippen LogP contribution in [0.25, 0.3) is 0 Å². The SMILES string of the molecule is Cc1sc(C(=O)C2CC3CCC2C3)cc1Br. The van der Waals surface area contributed by atoms with Gasteiger partial charge in [-0.15, -0.1) is 11.3 Å². The normalized spacial score (nSPS) is 32.2. The molecule has 0 amide bonds. The zero-order chi connectivity index (χ0) is 11.3. The molecule has 0 aliphatic heterocycles. The molecule has 3 atom stereocenters. The largest absolute Gasteiger partial charge is 0.293 e. The van der Waals surface area contributed by atoms with Crippen molar-refractivity contribution in [2.24, 2.45) is 17.8 Å². The maximum atomic E-state index is 12.4. The van der Waals surface area contributed by atoms with E-state index in [1.165, 1.54) is 24.1 Å². The monoisotopic (exact) mass is 298 g/mol. The van der Waals surface area contributed by atoms with Crippen LogP contribution >= 0.6 is 27.3 Å². The van der Waals surface area contributed by atoms with Gasteiger partial charge in [0.2, 0.25) is 0 Å². The number of rotatable bonds is 2. The second kappa shape index (κ2) is 3.95. The summed E-state index contributed by atoms with van der Waals surface area (Å²) in [6.07, 6.45) is 5.11. The molecule has 0 spiro atoms. The zero-order valence-corrected chi connectivity index (χ0v) is 11.7. The van der Waals surface area contributed by atoms with E-state index in [4.69, 9.17) is 0 Å². The van der Waals surface area contributed by atoms with Crippen molar-refractivity contribution in [1.29, 1.82) is 0 Å². The van der Waals surface area contributed by atoms with E-state index in [0.717, 1.165) is 21.7 Å². The summed E-state index contributed by atoms with van der Waals surface area (Å²) in [7, 11) is 0. The molecule has 2 saturated carbocycles. The quantitative estimate of drug-likeness (QED) is 0.738. The Bertz CT molecular complexity index is 418. The summed E-state index contributed by atoms with van der Waals surface area (Å²) in [5.41, 5.74) is 0. The van der Waals surface area contributed by atoms with E-state index in [9.17, 15) is 4.79 Å². The van der Waals surface area contributed by atoms with E-state index in [1.807, 2.05) is 6.07 Å². The number of carbonyl (C=O) groups excluding carboxylic acids is 1. The van der Waals surface area contributed by atoms with Gasteiger partial charge in [-0.1, -0.05) is 6.42 Å². The van der Waals surface area contributed by atoms with Crippen molar-refractivity contribution in [2.75, 3.05) is 0 Å². The van der Waals surface area contributed by atoms with Crippen molar-refractivity contribution in [2.45, 2.75) is 32.6 Å². The van der Waals surface area contributed by atoms with Crippen LogP contribution in [0, 0.1) is 24.7 Å². The summed E-state index contributed by atoms with van der Waals surface area (Å²) < 4.78 is 1.09. The van der Waals surface area contributed by atoms with Gasteiger partial charge in [-0.3, -0.25) is 4.79 Å². The molecule has 2 bridgehead atoms. The van der Waals surface area contributed by atoms with Gasteiger partial charge in [0, 0.05) is 15.3 Å². The van der Waals surface area contributed by atoms with Crippen molar-refractivity contribution in [1.82, 2.24) is 0 Å². The molecular formula is C13H15BrOS. The van der Waals surface area contributed by atoms with Crippen molar-refractivity contribution in [3.8, 4) is 0 Å². The van der Waals surface area contributed by atoms with Crippen LogP contribution in [-0.4, -0.2) is 5.78 Å². The van der Waals surface area contributed by atoms with Crippen LogP contribution in [0.1, 0.15) is 40.2 Å². The van der Waals surface area contributed by atoms with Crippen LogP contribution in [0.15, 0.2) is 10.5 Å². The predicted molar refractivity (Wildman–Crippen MR) is 70.0 cm³/mol. The van der Waals surface area contributed by atoms with Crippen LogP contribution in [0.3, 0.4) is 0 Å². The first-order valence-corrected chi connectivity index (χ1v) is 7.56. The van der Waals surface area contributed by atoms with Gasteiger partial charge in [0.25, 0.3) is 0 Å². The summed E-state index contributed by atoms with van der Waals surface area (Å²) in [5, 5.41) is 0. The number of aryl methyl sites for hydroxylation is 1. The van der Waals surface area contributed by atoms with Gasteiger partial charge < -0.3 is 0 Å². The Morgan fingerprint density at radius 2 is 2.25 bits per heavy atom. The number of thiophene rings is 1. The van der Waals surface area contributed by atoms with Crippen LogP contribution in [0.2, 0.25) is 0 Å². The van der Waals surface area contributed by atoms with E-state index >= 15 is 0 Å². The van der Waals surface area contributed by atoms with E-state index in [0.29, 0.717) is 17.6 Å². The second-order valence-electron chi connectivity index (χ2n) is 5.16. The summed E-state index contributed by atoms with van der Waals surface area (Å²) in [6.45, 7) is 2.06. The Kier molecular flexibility index (Phi) is 2.71. The zero-order valence-electron chi connectivity index (χ0n) is 9.33. The first-order valence-electron chi connectivity index (χ1n) is 5.95. The third-order valence-electron chi connectivity index (χ3n) is 4.17. The number of fused-ring (bicyclic) bond motifs is 2. The molecule has 16 heavy (non-hydrogen) atoms. The average Bonchev–Trinajstić information content (AvgIpc) is 2.94. The molecule has 0 radical (unpaired) electrons. The van der Waals surface area contributed by atoms with Gasteiger partial charge in [0.15, 0.2) is 5.78 Å². The molecule has 1 heterocycles. The molecule has 2 aliphatic carbocycles. The van der Waals surface area contributed by atoms with Gasteiger partial charge in [0.05, 0.1) is 4.88 Å². The Morgan fingerprint density at radius 1 is 1.44 bits per heavy atom. The molecule has 1 aromatic rings. The maximum Gasteiger partial charge on any atom is 0.176 e. The summed E-state index contributed by atoms with van der Waals surface area (Å²) in [4.78, 5) is 14.6. The third kappa shape index (κ3) is 1.68. The molecule has 2 aliphatic rings. The molecule has 86 valence electrons. The summed E-state index contributed by atoms with van der Waals surface area (Å²) >= 11 is 5.13. The fourth-order valence-corrected chi connectivity index (χ4v) is 4.87. The van der Waals surface area contributed by atoms with Gasteiger partial charge in [-0.2, -0.15) is 0 Å². The summed E-state index contributed by atoms with van der Waals surface area (Å²) in [6, 6.07) is 2.01. The minimum Gasteiger partial charge on any atom is -0.293 e. The fourth-order valence-electron chi connectivity index (χ4n) is 3.33. The van der Waals surface area contributed by atoms with E-state index in [-0.39, 0.29) is 0 Å². The smallest absolute Gasteiger partial charge is 0.176 e. The lowest BCUT2D eigenvalue weighted by Crippen LogP contribution is -2.20. The number of ketones is 1. The number of halogens is 1. The lowest BCUT2D eigenvalue weighted by Gasteiger charge is -2.19. The van der Waals surface area contributed by atoms with E-state index in [1.54, 1.807) is 11.3 Å². The van der Waals surface area contributed by atoms with E-state index < -0.39 is 0 Å². The lowest BCUT2D eigenvalue weighted by molar-refractivity contribution is 0.0879. The Labute approximate surface area is 108 Å². The fraction of sp³-hybridized carbons (Fsp3) is 0.615. The van der Waals surface area contributed by atoms with Gasteiger partial charge >= 0.3 is 0 Å². The van der Waals surface area contributed by atoms with Crippen molar-refractivity contribution in [3.63, 3.8) is 0 Å². The summed E-state index contributed by atoms with van der Waals surface area (Å²) in [5.74, 6) is 2.29. The van der Waals surface area contributed by atoms with E-state index in [2.05, 4.69) is 22.9 Å². The number of carbonyl (C=O) groups is 1. The second-order valence-corrected chi connectivity index (χ2v) is 7.27. The standard InChI is InChI=1S/C13H15BrOS/c1-7-11(14)6-12(16-7)13(15)10-5-8-2-3-9(10)4-8/h6,8-10H,2-5H2,1H3. The predicted octanol–water partition coefficient (Wildman–Crippen LogP) is 4.44. The van der Waals surface area contributed by atoms with Crippen molar-refractivity contribution in [3.05, 3.63) is 20.3 Å². The number of Topliss-reactive ketones (excluding diaryl/α,β-unsaturated/α-hetero) is 1. The van der Waals surface area contributed by atoms with Crippen molar-refractivity contribution < 1.29 is 4.79 Å². The number of hydrogen-bond acceptors (Lipinski definition) is 2. The topological polar surface area (TPSA) is 17.1 Å². The molecule has 1 nitrogen and oxygen atoms in total. The first-order chi connectivity index (χ1) is 7.65. The van der Waals surface area contributed by atoms with Crippen molar-refractivity contribution >= 4 is 33.0 Å². The molecule has 0 aromatic carbocycles. The Morgan fingerprint density at radius 3 is 2.75 bits per heavy atom. The highest BCUT2D eigenvalue weighted by Gasteiger charge is 2.43. The average molecular weight is 299 g/mol. The van der Waals surface area contributed by atoms with Crippen LogP contribution in [-0.2, 0) is 0 Å². The lowest BCUT2D eigenvalue weighted by atomic mass is 9.85. The third-order valence-corrected chi connectivity index (χ3v) is 6.33. The highest BCUT2D eigenvalue weighted by molar-refractivity contribution is 9.10. The highest BCUT2D eigenvalue weighted by Crippen LogP contribution is 2.49.